The fraction of sp³-hybridized carbons (Fsp3) is 0.300. The van der Waals surface area contributed by atoms with Gasteiger partial charge in [-0.1, -0.05) is 23.2 Å². The molecule has 0 saturated heterocycles. The number of carbonyl (C=O) groups excluding carboxylic acids is 2. The molecule has 0 atom stereocenters. The van der Waals surface area contributed by atoms with Crippen LogP contribution in [-0.4, -0.2) is 29.6 Å². The van der Waals surface area contributed by atoms with Crippen molar-refractivity contribution in [2.75, 3.05) is 11.9 Å². The average molecular weight is 438 g/mol. The molecule has 2 aromatic rings. The SMILES string of the molecule is O=C(COc1ccc(Cl)c(F)c1)NC12CC(NC(=O)Nc3ccc(Cl)cc3)(C1)C2. The summed E-state index contributed by atoms with van der Waals surface area (Å²) < 4.78 is 18.7. The second-order valence-corrected chi connectivity index (χ2v) is 8.43. The molecule has 0 heterocycles. The molecule has 0 spiro atoms. The van der Waals surface area contributed by atoms with Crippen LogP contribution in [0.5, 0.6) is 5.75 Å². The summed E-state index contributed by atoms with van der Waals surface area (Å²) in [5.41, 5.74) is 0.0562. The molecule has 9 heteroatoms. The smallest absolute Gasteiger partial charge is 0.319 e. The second-order valence-electron chi connectivity index (χ2n) is 7.59. The van der Waals surface area contributed by atoms with Gasteiger partial charge in [0.25, 0.3) is 5.91 Å². The van der Waals surface area contributed by atoms with Gasteiger partial charge in [0.15, 0.2) is 6.61 Å². The van der Waals surface area contributed by atoms with Gasteiger partial charge in [-0.3, -0.25) is 4.79 Å². The van der Waals surface area contributed by atoms with Crippen molar-refractivity contribution in [2.45, 2.75) is 30.3 Å². The maximum atomic E-state index is 13.4. The largest absolute Gasteiger partial charge is 0.484 e. The molecule has 29 heavy (non-hydrogen) atoms. The third-order valence-electron chi connectivity index (χ3n) is 5.18. The first-order valence-electron chi connectivity index (χ1n) is 9.00. The van der Waals surface area contributed by atoms with E-state index >= 15 is 0 Å². The van der Waals surface area contributed by atoms with Crippen molar-refractivity contribution in [3.05, 3.63) is 58.3 Å². The zero-order valence-electron chi connectivity index (χ0n) is 15.2. The molecule has 2 aromatic carbocycles. The standard InChI is InChI=1S/C20H18Cl2FN3O3/c21-12-1-3-13(4-2-12)24-18(28)26-20-9-19(10-20,11-20)25-17(27)8-29-14-5-6-15(22)16(23)7-14/h1-7H,8-11H2,(H,25,27)(H2,24,26,28). The van der Waals surface area contributed by atoms with Crippen LogP contribution in [0.1, 0.15) is 19.3 Å². The normalized spacial score (nSPS) is 24.0. The Balaban J connectivity index is 1.20. The molecule has 0 aliphatic heterocycles. The fourth-order valence-corrected chi connectivity index (χ4v) is 4.28. The Bertz CT molecular complexity index is 948. The predicted octanol–water partition coefficient (Wildman–Crippen LogP) is 4.12. The van der Waals surface area contributed by atoms with Gasteiger partial charge in [-0.2, -0.15) is 0 Å². The Kier molecular flexibility index (Phi) is 5.04. The third-order valence-corrected chi connectivity index (χ3v) is 5.74. The molecule has 3 N–H and O–H groups in total. The van der Waals surface area contributed by atoms with Crippen molar-refractivity contribution in [3.8, 4) is 5.75 Å². The van der Waals surface area contributed by atoms with Gasteiger partial charge in [0.2, 0.25) is 0 Å². The quantitative estimate of drug-likeness (QED) is 0.635. The molecule has 3 amide bonds. The summed E-state index contributed by atoms with van der Waals surface area (Å²) in [4.78, 5) is 24.3. The number of rotatable bonds is 6. The van der Waals surface area contributed by atoms with Gasteiger partial charge in [-0.05, 0) is 55.7 Å². The lowest BCUT2D eigenvalue weighted by Gasteiger charge is -2.70. The van der Waals surface area contributed by atoms with E-state index in [4.69, 9.17) is 27.9 Å². The van der Waals surface area contributed by atoms with Crippen LogP contribution in [0.15, 0.2) is 42.5 Å². The van der Waals surface area contributed by atoms with Crippen LogP contribution in [-0.2, 0) is 4.79 Å². The number of halogens is 3. The van der Waals surface area contributed by atoms with Crippen LogP contribution in [0.25, 0.3) is 0 Å². The molecule has 6 nitrogen and oxygen atoms in total. The third kappa shape index (κ3) is 4.26. The molecule has 3 saturated carbocycles. The number of hydrogen-bond donors (Lipinski definition) is 3. The lowest BCUT2D eigenvalue weighted by Crippen LogP contribution is -2.84. The van der Waals surface area contributed by atoms with Gasteiger partial charge in [-0.25, -0.2) is 9.18 Å². The highest BCUT2D eigenvalue weighted by Gasteiger charge is 2.69. The molecule has 0 radical (unpaired) electrons. The minimum absolute atomic E-state index is 0.00596. The van der Waals surface area contributed by atoms with E-state index in [1.165, 1.54) is 12.1 Å². The van der Waals surface area contributed by atoms with Gasteiger partial charge in [-0.15, -0.1) is 0 Å². The van der Waals surface area contributed by atoms with Crippen LogP contribution < -0.4 is 20.7 Å². The van der Waals surface area contributed by atoms with E-state index in [2.05, 4.69) is 16.0 Å². The number of nitrogens with one attached hydrogen (secondary N) is 3. The molecule has 3 aliphatic carbocycles. The maximum absolute atomic E-state index is 13.4. The average Bonchev–Trinajstić information content (AvgIpc) is 2.62. The van der Waals surface area contributed by atoms with Gasteiger partial charge in [0.05, 0.1) is 5.02 Å². The number of amides is 3. The summed E-state index contributed by atoms with van der Waals surface area (Å²) in [7, 11) is 0. The van der Waals surface area contributed by atoms with Crippen LogP contribution in [0.4, 0.5) is 14.9 Å². The highest BCUT2D eigenvalue weighted by atomic mass is 35.5. The van der Waals surface area contributed by atoms with Gasteiger partial charge >= 0.3 is 6.03 Å². The summed E-state index contributed by atoms with van der Waals surface area (Å²) in [6.45, 7) is -0.222. The summed E-state index contributed by atoms with van der Waals surface area (Å²) in [6, 6.07) is 10.5. The predicted molar refractivity (Wildman–Crippen MR) is 108 cm³/mol. The van der Waals surface area contributed by atoms with Crippen molar-refractivity contribution < 1.29 is 18.7 Å². The van der Waals surface area contributed by atoms with Crippen molar-refractivity contribution in [2.24, 2.45) is 0 Å². The van der Waals surface area contributed by atoms with Crippen LogP contribution in [0.3, 0.4) is 0 Å². The zero-order chi connectivity index (χ0) is 20.6. The number of ether oxygens (including phenoxy) is 1. The molecule has 3 fully saturated rings. The van der Waals surface area contributed by atoms with E-state index in [1.807, 2.05) is 0 Å². The lowest BCUT2D eigenvalue weighted by molar-refractivity contribution is -0.140. The number of benzene rings is 2. The molecule has 0 aromatic heterocycles. The topological polar surface area (TPSA) is 79.5 Å². The molecule has 0 unspecified atom stereocenters. The van der Waals surface area contributed by atoms with E-state index in [-0.39, 0.29) is 40.4 Å². The van der Waals surface area contributed by atoms with E-state index in [9.17, 15) is 14.0 Å². The van der Waals surface area contributed by atoms with Crippen LogP contribution in [0.2, 0.25) is 10.0 Å². The Morgan fingerprint density at radius 2 is 1.66 bits per heavy atom. The summed E-state index contributed by atoms with van der Waals surface area (Å²) in [5.74, 6) is -0.662. The number of urea groups is 1. The van der Waals surface area contributed by atoms with E-state index in [0.29, 0.717) is 30.0 Å². The summed E-state index contributed by atoms with van der Waals surface area (Å²) in [6.07, 6.45) is 1.99. The minimum Gasteiger partial charge on any atom is -0.484 e. The van der Waals surface area contributed by atoms with Gasteiger partial charge in [0, 0.05) is 27.9 Å². The molecular weight excluding hydrogens is 420 g/mol. The highest BCUT2D eigenvalue weighted by Crippen LogP contribution is 2.60. The molecule has 3 aliphatic rings. The summed E-state index contributed by atoms with van der Waals surface area (Å²) >= 11 is 11.4. The first-order chi connectivity index (χ1) is 13.8. The van der Waals surface area contributed by atoms with E-state index in [1.54, 1.807) is 24.3 Å². The highest BCUT2D eigenvalue weighted by molar-refractivity contribution is 6.31. The van der Waals surface area contributed by atoms with E-state index in [0.717, 1.165) is 6.07 Å². The Labute approximate surface area is 176 Å². The fourth-order valence-electron chi connectivity index (χ4n) is 4.04. The van der Waals surface area contributed by atoms with Crippen LogP contribution in [0, 0.1) is 5.82 Å². The van der Waals surface area contributed by atoms with Crippen LogP contribution >= 0.6 is 23.2 Å². The minimum atomic E-state index is -0.603. The lowest BCUT2D eigenvalue weighted by atomic mass is 9.44. The monoisotopic (exact) mass is 437 g/mol. The molecule has 2 bridgehead atoms. The van der Waals surface area contributed by atoms with Gasteiger partial charge < -0.3 is 20.7 Å². The Morgan fingerprint density at radius 3 is 2.31 bits per heavy atom. The number of carbonyl (C=O) groups is 2. The molecular formula is C20H18Cl2FN3O3. The Hall–Kier alpha value is -2.51. The van der Waals surface area contributed by atoms with Crippen molar-refractivity contribution in [1.29, 1.82) is 0 Å². The van der Waals surface area contributed by atoms with Gasteiger partial charge in [0.1, 0.15) is 11.6 Å². The summed E-state index contributed by atoms with van der Waals surface area (Å²) in [5, 5.41) is 9.26. The first kappa shape index (κ1) is 19.8. The zero-order valence-corrected chi connectivity index (χ0v) is 16.7. The maximum Gasteiger partial charge on any atom is 0.319 e. The van der Waals surface area contributed by atoms with Crippen molar-refractivity contribution in [3.63, 3.8) is 0 Å². The van der Waals surface area contributed by atoms with Crippen molar-refractivity contribution in [1.82, 2.24) is 10.6 Å². The molecule has 5 rings (SSSR count). The first-order valence-corrected chi connectivity index (χ1v) is 9.76. The number of hydrogen-bond acceptors (Lipinski definition) is 3. The van der Waals surface area contributed by atoms with Crippen molar-refractivity contribution >= 4 is 40.8 Å². The Morgan fingerprint density at radius 1 is 1.00 bits per heavy atom. The number of anilines is 1. The van der Waals surface area contributed by atoms with E-state index < -0.39 is 5.82 Å². The second kappa shape index (κ2) is 7.39. The molecule has 152 valence electrons.